The van der Waals surface area contributed by atoms with E-state index in [9.17, 15) is 31.1 Å². The molecule has 1 unspecified atom stereocenters. The lowest BCUT2D eigenvalue weighted by atomic mass is 9.97. The summed E-state index contributed by atoms with van der Waals surface area (Å²) in [5, 5.41) is 8.75. The summed E-state index contributed by atoms with van der Waals surface area (Å²) in [6.07, 6.45) is -10.2. The number of carbonyl (C=O) groups is 1. The lowest BCUT2D eigenvalue weighted by Gasteiger charge is -2.16. The molecule has 0 spiro atoms. The highest BCUT2D eigenvalue weighted by molar-refractivity contribution is 5.81. The van der Waals surface area contributed by atoms with E-state index in [0.717, 1.165) is 12.1 Å². The maximum Gasteiger partial charge on any atom is 0.416 e. The van der Waals surface area contributed by atoms with Gasteiger partial charge in [0.25, 0.3) is 0 Å². The predicted molar refractivity (Wildman–Crippen MR) is 54.9 cm³/mol. The molecule has 1 aliphatic carbocycles. The van der Waals surface area contributed by atoms with Crippen molar-refractivity contribution in [1.82, 2.24) is 0 Å². The summed E-state index contributed by atoms with van der Waals surface area (Å²) in [6.45, 7) is 0. The highest BCUT2D eigenvalue weighted by Gasteiger charge is 2.76. The quantitative estimate of drug-likeness (QED) is 0.843. The molecule has 2 atom stereocenters. The molecule has 0 radical (unpaired) electrons. The Morgan fingerprint density at radius 2 is 1.60 bits per heavy atom. The van der Waals surface area contributed by atoms with Crippen molar-refractivity contribution in [2.75, 3.05) is 0 Å². The van der Waals surface area contributed by atoms with Gasteiger partial charge in [-0.25, -0.2) is 0 Å². The number of alkyl halides is 6. The average molecular weight is 298 g/mol. The van der Waals surface area contributed by atoms with Crippen LogP contribution in [-0.4, -0.2) is 17.3 Å². The van der Waals surface area contributed by atoms with Crippen molar-refractivity contribution in [3.8, 4) is 0 Å². The molecule has 0 aromatic heterocycles. The van der Waals surface area contributed by atoms with E-state index in [1.165, 1.54) is 0 Å². The van der Waals surface area contributed by atoms with E-state index >= 15 is 0 Å². The maximum atomic E-state index is 12.8. The molecule has 8 heteroatoms. The Bertz CT molecular complexity index is 530. The van der Waals surface area contributed by atoms with Gasteiger partial charge >= 0.3 is 18.3 Å². The van der Waals surface area contributed by atoms with Crippen LogP contribution in [0.25, 0.3) is 0 Å². The van der Waals surface area contributed by atoms with Crippen molar-refractivity contribution >= 4 is 5.97 Å². The summed E-state index contributed by atoms with van der Waals surface area (Å²) in [4.78, 5) is 10.8. The Kier molecular flexibility index (Phi) is 3.03. The minimum atomic E-state index is -4.94. The summed E-state index contributed by atoms with van der Waals surface area (Å²) in [7, 11) is 0. The Balaban J connectivity index is 2.30. The zero-order valence-corrected chi connectivity index (χ0v) is 9.72. The molecule has 0 bridgehead atoms. The predicted octanol–water partition coefficient (Wildman–Crippen LogP) is 3.83. The van der Waals surface area contributed by atoms with Crippen LogP contribution in [0.15, 0.2) is 24.3 Å². The van der Waals surface area contributed by atoms with E-state index in [0.29, 0.717) is 12.1 Å². The van der Waals surface area contributed by atoms with Crippen LogP contribution in [0.4, 0.5) is 26.3 Å². The fourth-order valence-corrected chi connectivity index (χ4v) is 2.24. The summed E-state index contributed by atoms with van der Waals surface area (Å²) < 4.78 is 75.4. The van der Waals surface area contributed by atoms with Crippen molar-refractivity contribution in [2.45, 2.75) is 24.7 Å². The largest absolute Gasteiger partial charge is 0.481 e. The molecule has 1 aliphatic rings. The van der Waals surface area contributed by atoms with E-state index in [4.69, 9.17) is 5.11 Å². The van der Waals surface area contributed by atoms with Crippen LogP contribution in [-0.2, 0) is 11.0 Å². The van der Waals surface area contributed by atoms with Crippen LogP contribution < -0.4 is 0 Å². The number of aliphatic carboxylic acids is 1. The van der Waals surface area contributed by atoms with Gasteiger partial charge in [-0.1, -0.05) is 12.1 Å². The second kappa shape index (κ2) is 4.13. The highest BCUT2D eigenvalue weighted by Crippen LogP contribution is 2.67. The van der Waals surface area contributed by atoms with Gasteiger partial charge in [-0.2, -0.15) is 26.3 Å². The van der Waals surface area contributed by atoms with Gasteiger partial charge < -0.3 is 5.11 Å². The molecule has 20 heavy (non-hydrogen) atoms. The average Bonchev–Trinajstić information content (AvgIpc) is 3.03. The minimum absolute atomic E-state index is 0.0577. The van der Waals surface area contributed by atoms with Gasteiger partial charge in [0, 0.05) is 5.92 Å². The monoisotopic (exact) mass is 298 g/mol. The van der Waals surface area contributed by atoms with Gasteiger partial charge in [0.05, 0.1) is 5.56 Å². The van der Waals surface area contributed by atoms with Crippen molar-refractivity contribution < 1.29 is 36.2 Å². The van der Waals surface area contributed by atoms with Gasteiger partial charge in [-0.05, 0) is 24.1 Å². The molecule has 1 fully saturated rings. The Hall–Kier alpha value is -1.73. The number of benzene rings is 1. The third-order valence-corrected chi connectivity index (χ3v) is 3.49. The fraction of sp³-hybridized carbons (Fsp3) is 0.417. The first-order valence-corrected chi connectivity index (χ1v) is 5.47. The number of halogens is 6. The summed E-state index contributed by atoms with van der Waals surface area (Å²) >= 11 is 0. The first kappa shape index (κ1) is 14.7. The van der Waals surface area contributed by atoms with Crippen molar-refractivity contribution in [3.05, 3.63) is 35.4 Å². The third-order valence-electron chi connectivity index (χ3n) is 3.49. The van der Waals surface area contributed by atoms with E-state index in [-0.39, 0.29) is 5.56 Å². The number of carboxylic acid groups (broad SMARTS) is 1. The molecular weight excluding hydrogens is 290 g/mol. The van der Waals surface area contributed by atoms with Gasteiger partial charge in [0.15, 0.2) is 5.41 Å². The van der Waals surface area contributed by atoms with E-state index < -0.39 is 41.6 Å². The molecule has 2 rings (SSSR count). The van der Waals surface area contributed by atoms with Crippen LogP contribution in [0.5, 0.6) is 0 Å². The topological polar surface area (TPSA) is 37.3 Å². The van der Waals surface area contributed by atoms with Gasteiger partial charge in [0.1, 0.15) is 0 Å². The van der Waals surface area contributed by atoms with Crippen LogP contribution >= 0.6 is 0 Å². The third kappa shape index (κ3) is 2.12. The molecule has 1 saturated carbocycles. The maximum absolute atomic E-state index is 12.8. The molecule has 1 aromatic rings. The summed E-state index contributed by atoms with van der Waals surface area (Å²) in [5.41, 5.74) is -3.93. The van der Waals surface area contributed by atoms with Crippen molar-refractivity contribution in [3.63, 3.8) is 0 Å². The van der Waals surface area contributed by atoms with Gasteiger partial charge in [0.2, 0.25) is 0 Å². The van der Waals surface area contributed by atoms with E-state index in [1.54, 1.807) is 0 Å². The molecule has 1 aromatic carbocycles. The van der Waals surface area contributed by atoms with Crippen LogP contribution in [0.2, 0.25) is 0 Å². The van der Waals surface area contributed by atoms with E-state index in [2.05, 4.69) is 0 Å². The Morgan fingerprint density at radius 1 is 1.10 bits per heavy atom. The van der Waals surface area contributed by atoms with E-state index in [1.807, 2.05) is 0 Å². The first-order chi connectivity index (χ1) is 9.00. The van der Waals surface area contributed by atoms with Gasteiger partial charge in [-0.15, -0.1) is 0 Å². The van der Waals surface area contributed by atoms with Crippen LogP contribution in [0, 0.1) is 5.41 Å². The summed E-state index contributed by atoms with van der Waals surface area (Å²) in [6, 6.07) is 3.08. The molecular formula is C12H8F6O2. The molecule has 0 amide bonds. The first-order valence-electron chi connectivity index (χ1n) is 5.47. The number of carboxylic acids is 1. The standard InChI is InChI=1S/C12H8F6O2/c13-11(14,15)7-3-1-6(2-4-7)8-5-10(8,9(19)20)12(16,17)18/h1-4,8H,5H2,(H,19,20)/t8?,10-/m0/s1. The fourth-order valence-electron chi connectivity index (χ4n) is 2.24. The second-order valence-corrected chi connectivity index (χ2v) is 4.65. The minimum Gasteiger partial charge on any atom is -0.481 e. The zero-order chi connectivity index (χ0) is 15.3. The Morgan fingerprint density at radius 3 is 1.90 bits per heavy atom. The SMILES string of the molecule is O=C(O)[C@]1(C(F)(F)F)CC1c1ccc(C(F)(F)F)cc1. The molecule has 0 heterocycles. The normalized spacial score (nSPS) is 26.4. The number of hydrogen-bond acceptors (Lipinski definition) is 1. The molecule has 0 aliphatic heterocycles. The smallest absolute Gasteiger partial charge is 0.416 e. The molecule has 1 N–H and O–H groups in total. The van der Waals surface area contributed by atoms with Crippen LogP contribution in [0.3, 0.4) is 0 Å². The lowest BCUT2D eigenvalue weighted by Crippen LogP contribution is -2.34. The number of hydrogen-bond donors (Lipinski definition) is 1. The molecule has 110 valence electrons. The molecule has 2 nitrogen and oxygen atoms in total. The summed E-state index contributed by atoms with van der Waals surface area (Å²) in [5.74, 6) is -3.35. The lowest BCUT2D eigenvalue weighted by molar-refractivity contribution is -0.204. The zero-order valence-electron chi connectivity index (χ0n) is 9.72. The molecule has 0 saturated heterocycles. The second-order valence-electron chi connectivity index (χ2n) is 4.65. The van der Waals surface area contributed by atoms with Gasteiger partial charge in [-0.3, -0.25) is 4.79 Å². The van der Waals surface area contributed by atoms with Crippen molar-refractivity contribution in [1.29, 1.82) is 0 Å². The van der Waals surface area contributed by atoms with Crippen LogP contribution in [0.1, 0.15) is 23.5 Å². The Labute approximate surface area is 109 Å². The number of rotatable bonds is 2. The highest BCUT2D eigenvalue weighted by atomic mass is 19.4. The van der Waals surface area contributed by atoms with Crippen molar-refractivity contribution in [2.24, 2.45) is 5.41 Å².